The summed E-state index contributed by atoms with van der Waals surface area (Å²) in [5, 5.41) is 33.7. The van der Waals surface area contributed by atoms with E-state index >= 15 is 0 Å². The Bertz CT molecular complexity index is 812. The molecule has 0 aliphatic carbocycles. The van der Waals surface area contributed by atoms with Crippen LogP contribution in [0.3, 0.4) is 0 Å². The number of phenolic OH excluding ortho intramolecular Hbond substituents is 1. The second-order valence-electron chi connectivity index (χ2n) is 6.82. The van der Waals surface area contributed by atoms with Gasteiger partial charge in [-0.25, -0.2) is 4.79 Å². The minimum atomic E-state index is -1.42. The standard InChI is InChI=1S/C19H26N4O8/c1-10(17(28)23-14(19(30)31)6-7-16(26)27)22-15(25)9-21-18(29)13(20)8-11-2-4-12(24)5-3-11/h2-5,10,13-14,24H,6-9,20H2,1H3,(H,21,29)(H,22,25)(H,23,28)(H,26,27)(H,30,31). The summed E-state index contributed by atoms with van der Waals surface area (Å²) in [7, 11) is 0. The van der Waals surface area contributed by atoms with Gasteiger partial charge in [-0.2, -0.15) is 0 Å². The molecule has 1 aromatic rings. The van der Waals surface area contributed by atoms with Crippen molar-refractivity contribution in [2.45, 2.75) is 44.3 Å². The fraction of sp³-hybridized carbons (Fsp3) is 0.421. The van der Waals surface area contributed by atoms with Gasteiger partial charge >= 0.3 is 11.9 Å². The first-order chi connectivity index (χ1) is 14.5. The fourth-order valence-corrected chi connectivity index (χ4v) is 2.46. The molecule has 0 spiro atoms. The van der Waals surface area contributed by atoms with E-state index in [1.807, 2.05) is 0 Å². The van der Waals surface area contributed by atoms with Crippen LogP contribution in [0.2, 0.25) is 0 Å². The highest BCUT2D eigenvalue weighted by Crippen LogP contribution is 2.10. The highest BCUT2D eigenvalue weighted by atomic mass is 16.4. The number of hydrogen-bond acceptors (Lipinski definition) is 7. The molecule has 0 aliphatic heterocycles. The molecule has 1 rings (SSSR count). The highest BCUT2D eigenvalue weighted by molar-refractivity contribution is 5.92. The van der Waals surface area contributed by atoms with Crippen LogP contribution in [0.5, 0.6) is 5.75 Å². The smallest absolute Gasteiger partial charge is 0.326 e. The van der Waals surface area contributed by atoms with Crippen molar-refractivity contribution in [1.29, 1.82) is 0 Å². The number of nitrogens with two attached hydrogens (primary N) is 1. The van der Waals surface area contributed by atoms with E-state index < -0.39 is 60.8 Å². The Labute approximate surface area is 177 Å². The van der Waals surface area contributed by atoms with Gasteiger partial charge in [-0.3, -0.25) is 19.2 Å². The van der Waals surface area contributed by atoms with E-state index in [-0.39, 0.29) is 18.6 Å². The van der Waals surface area contributed by atoms with Crippen molar-refractivity contribution in [3.05, 3.63) is 29.8 Å². The zero-order valence-electron chi connectivity index (χ0n) is 16.8. The van der Waals surface area contributed by atoms with Gasteiger partial charge in [0.2, 0.25) is 17.7 Å². The number of amides is 3. The molecule has 3 unspecified atom stereocenters. The number of carboxylic acids is 2. The first-order valence-corrected chi connectivity index (χ1v) is 9.35. The molecule has 0 radical (unpaired) electrons. The lowest BCUT2D eigenvalue weighted by molar-refractivity contribution is -0.143. The molecule has 3 amide bonds. The molecule has 0 aromatic heterocycles. The lowest BCUT2D eigenvalue weighted by Gasteiger charge is -2.18. The number of carbonyl (C=O) groups excluding carboxylic acids is 3. The van der Waals surface area contributed by atoms with Gasteiger partial charge < -0.3 is 37.0 Å². The molecule has 0 saturated carbocycles. The maximum atomic E-state index is 12.0. The maximum Gasteiger partial charge on any atom is 0.326 e. The first kappa shape index (κ1) is 25.4. The van der Waals surface area contributed by atoms with E-state index in [0.717, 1.165) is 0 Å². The topological polar surface area (TPSA) is 208 Å². The van der Waals surface area contributed by atoms with Crippen molar-refractivity contribution < 1.29 is 39.3 Å². The molecule has 0 fully saturated rings. The molecule has 3 atom stereocenters. The van der Waals surface area contributed by atoms with Crippen molar-refractivity contribution in [1.82, 2.24) is 16.0 Å². The number of phenols is 1. The van der Waals surface area contributed by atoms with E-state index in [1.54, 1.807) is 12.1 Å². The van der Waals surface area contributed by atoms with E-state index in [0.29, 0.717) is 5.56 Å². The normalized spacial score (nSPS) is 13.4. The number of aliphatic carboxylic acids is 2. The minimum absolute atomic E-state index is 0.0770. The molecule has 31 heavy (non-hydrogen) atoms. The quantitative estimate of drug-likeness (QED) is 0.198. The number of hydrogen-bond donors (Lipinski definition) is 7. The Morgan fingerprint density at radius 1 is 1.00 bits per heavy atom. The zero-order chi connectivity index (χ0) is 23.6. The number of rotatable bonds is 12. The van der Waals surface area contributed by atoms with Gasteiger partial charge in [0.05, 0.1) is 12.6 Å². The largest absolute Gasteiger partial charge is 0.508 e. The van der Waals surface area contributed by atoms with Gasteiger partial charge in [0.1, 0.15) is 17.8 Å². The summed E-state index contributed by atoms with van der Waals surface area (Å²) in [5.41, 5.74) is 6.50. The molecule has 8 N–H and O–H groups in total. The molecule has 0 aliphatic rings. The zero-order valence-corrected chi connectivity index (χ0v) is 16.8. The molecule has 12 heteroatoms. The number of aromatic hydroxyl groups is 1. The molecular weight excluding hydrogens is 412 g/mol. The fourth-order valence-electron chi connectivity index (χ4n) is 2.46. The molecule has 0 heterocycles. The predicted molar refractivity (Wildman–Crippen MR) is 107 cm³/mol. The van der Waals surface area contributed by atoms with Gasteiger partial charge in [0, 0.05) is 6.42 Å². The van der Waals surface area contributed by atoms with Crippen LogP contribution < -0.4 is 21.7 Å². The van der Waals surface area contributed by atoms with Gasteiger partial charge in [-0.05, 0) is 37.5 Å². The molecule has 0 saturated heterocycles. The second-order valence-corrected chi connectivity index (χ2v) is 6.82. The maximum absolute atomic E-state index is 12.0. The highest BCUT2D eigenvalue weighted by Gasteiger charge is 2.24. The van der Waals surface area contributed by atoms with E-state index in [4.69, 9.17) is 15.9 Å². The summed E-state index contributed by atoms with van der Waals surface area (Å²) >= 11 is 0. The van der Waals surface area contributed by atoms with Crippen LogP contribution in [0.4, 0.5) is 0 Å². The van der Waals surface area contributed by atoms with Crippen LogP contribution in [-0.2, 0) is 30.4 Å². The molecule has 170 valence electrons. The van der Waals surface area contributed by atoms with Crippen LogP contribution in [0.1, 0.15) is 25.3 Å². The van der Waals surface area contributed by atoms with Crippen molar-refractivity contribution in [2.75, 3.05) is 6.54 Å². The number of carboxylic acid groups (broad SMARTS) is 2. The van der Waals surface area contributed by atoms with Crippen molar-refractivity contribution in [3.8, 4) is 5.75 Å². The predicted octanol–water partition coefficient (Wildman–Crippen LogP) is -1.68. The van der Waals surface area contributed by atoms with E-state index in [1.165, 1.54) is 19.1 Å². The van der Waals surface area contributed by atoms with Crippen LogP contribution >= 0.6 is 0 Å². The van der Waals surface area contributed by atoms with Crippen molar-refractivity contribution >= 4 is 29.7 Å². The van der Waals surface area contributed by atoms with E-state index in [9.17, 15) is 29.1 Å². The lowest BCUT2D eigenvalue weighted by Crippen LogP contribution is -2.52. The van der Waals surface area contributed by atoms with Crippen LogP contribution in [0, 0.1) is 0 Å². The monoisotopic (exact) mass is 438 g/mol. The molecule has 1 aromatic carbocycles. The summed E-state index contributed by atoms with van der Waals surface area (Å²) in [6.07, 6.45) is -0.583. The summed E-state index contributed by atoms with van der Waals surface area (Å²) in [4.78, 5) is 57.7. The molecular formula is C19H26N4O8. The Morgan fingerprint density at radius 2 is 1.61 bits per heavy atom. The molecule has 0 bridgehead atoms. The minimum Gasteiger partial charge on any atom is -0.508 e. The SMILES string of the molecule is CC(NC(=O)CNC(=O)C(N)Cc1ccc(O)cc1)C(=O)NC(CCC(=O)O)C(=O)O. The summed E-state index contributed by atoms with van der Waals surface area (Å²) in [6, 6.07) is 2.64. The van der Waals surface area contributed by atoms with Crippen LogP contribution in [0.15, 0.2) is 24.3 Å². The van der Waals surface area contributed by atoms with Crippen molar-refractivity contribution in [3.63, 3.8) is 0 Å². The van der Waals surface area contributed by atoms with Gasteiger partial charge in [-0.1, -0.05) is 12.1 Å². The Hall–Kier alpha value is -3.67. The lowest BCUT2D eigenvalue weighted by atomic mass is 10.1. The first-order valence-electron chi connectivity index (χ1n) is 9.35. The third kappa shape index (κ3) is 9.58. The summed E-state index contributed by atoms with van der Waals surface area (Å²) < 4.78 is 0. The van der Waals surface area contributed by atoms with Crippen LogP contribution in [-0.4, -0.2) is 69.7 Å². The third-order valence-electron chi connectivity index (χ3n) is 4.18. The summed E-state index contributed by atoms with van der Waals surface area (Å²) in [5.74, 6) is -4.65. The van der Waals surface area contributed by atoms with Gasteiger partial charge in [-0.15, -0.1) is 0 Å². The van der Waals surface area contributed by atoms with Crippen LogP contribution in [0.25, 0.3) is 0 Å². The summed E-state index contributed by atoms with van der Waals surface area (Å²) in [6.45, 7) is 0.850. The third-order valence-corrected chi connectivity index (χ3v) is 4.18. The van der Waals surface area contributed by atoms with Crippen molar-refractivity contribution in [2.24, 2.45) is 5.73 Å². The Kier molecular flexibility index (Phi) is 9.92. The number of benzene rings is 1. The molecule has 12 nitrogen and oxygen atoms in total. The Morgan fingerprint density at radius 3 is 2.16 bits per heavy atom. The second kappa shape index (κ2) is 12.1. The van der Waals surface area contributed by atoms with E-state index in [2.05, 4.69) is 16.0 Å². The van der Waals surface area contributed by atoms with Gasteiger partial charge in [0.25, 0.3) is 0 Å². The Balaban J connectivity index is 2.44. The average Bonchev–Trinajstić information content (AvgIpc) is 2.70. The number of nitrogens with one attached hydrogen (secondary N) is 3. The number of carbonyl (C=O) groups is 5. The van der Waals surface area contributed by atoms with Gasteiger partial charge in [0.15, 0.2) is 0 Å². The average molecular weight is 438 g/mol.